The smallest absolute Gasteiger partial charge is 0.223 e. The number of nitrogens with zero attached hydrogens (tertiary/aromatic N) is 3. The number of amides is 1. The standard InChI is InChI=1S/C19H28ClN3O/c1-16-4-3-8-23(15-16)19(24)7-9-21-10-12-22(13-11-21)18-6-2-5-17(20)14-18/h2,5-6,14,16H,3-4,7-13,15H2,1H3. The molecule has 2 aliphatic rings. The Morgan fingerprint density at radius 2 is 2.00 bits per heavy atom. The summed E-state index contributed by atoms with van der Waals surface area (Å²) >= 11 is 6.08. The molecule has 0 N–H and O–H groups in total. The Balaban J connectivity index is 1.41. The molecule has 0 bridgehead atoms. The lowest BCUT2D eigenvalue weighted by molar-refractivity contribution is -0.133. The average molecular weight is 350 g/mol. The largest absolute Gasteiger partial charge is 0.369 e. The van der Waals surface area contributed by atoms with Crippen molar-refractivity contribution in [3.05, 3.63) is 29.3 Å². The van der Waals surface area contributed by atoms with E-state index in [9.17, 15) is 4.79 Å². The number of halogens is 1. The number of benzene rings is 1. The number of carbonyl (C=O) groups is 1. The highest BCUT2D eigenvalue weighted by molar-refractivity contribution is 6.30. The molecule has 132 valence electrons. The van der Waals surface area contributed by atoms with Crippen LogP contribution in [0.15, 0.2) is 24.3 Å². The minimum absolute atomic E-state index is 0.332. The maximum absolute atomic E-state index is 12.4. The maximum Gasteiger partial charge on any atom is 0.223 e. The molecule has 1 amide bonds. The number of rotatable bonds is 4. The number of hydrogen-bond donors (Lipinski definition) is 0. The molecule has 0 radical (unpaired) electrons. The quantitative estimate of drug-likeness (QED) is 0.835. The van der Waals surface area contributed by atoms with Gasteiger partial charge in [0.1, 0.15) is 0 Å². The van der Waals surface area contributed by atoms with Crippen LogP contribution in [0.4, 0.5) is 5.69 Å². The molecule has 1 aromatic carbocycles. The van der Waals surface area contributed by atoms with Crippen LogP contribution in [-0.2, 0) is 4.79 Å². The van der Waals surface area contributed by atoms with Crippen LogP contribution in [0.3, 0.4) is 0 Å². The van der Waals surface area contributed by atoms with Gasteiger partial charge in [-0.25, -0.2) is 0 Å². The molecule has 0 aliphatic carbocycles. The van der Waals surface area contributed by atoms with Crippen molar-refractivity contribution < 1.29 is 4.79 Å². The van der Waals surface area contributed by atoms with Crippen molar-refractivity contribution in [3.63, 3.8) is 0 Å². The first-order valence-corrected chi connectivity index (χ1v) is 9.50. The molecule has 2 aliphatic heterocycles. The summed E-state index contributed by atoms with van der Waals surface area (Å²) in [5, 5.41) is 0.788. The minimum Gasteiger partial charge on any atom is -0.369 e. The zero-order valence-electron chi connectivity index (χ0n) is 14.6. The number of likely N-dealkylation sites (tertiary alicyclic amines) is 1. The van der Waals surface area contributed by atoms with Gasteiger partial charge in [-0.3, -0.25) is 9.69 Å². The van der Waals surface area contributed by atoms with E-state index in [2.05, 4.69) is 27.7 Å². The third-order valence-corrected chi connectivity index (χ3v) is 5.43. The van der Waals surface area contributed by atoms with E-state index in [4.69, 9.17) is 11.6 Å². The molecule has 24 heavy (non-hydrogen) atoms. The predicted octanol–water partition coefficient (Wildman–Crippen LogP) is 3.11. The van der Waals surface area contributed by atoms with Crippen molar-refractivity contribution in [2.24, 2.45) is 5.92 Å². The summed E-state index contributed by atoms with van der Waals surface area (Å²) in [5.41, 5.74) is 1.19. The third-order valence-electron chi connectivity index (χ3n) is 5.20. The van der Waals surface area contributed by atoms with Gasteiger partial charge in [-0.15, -0.1) is 0 Å². The second kappa shape index (κ2) is 8.21. The molecule has 4 nitrogen and oxygen atoms in total. The first-order valence-electron chi connectivity index (χ1n) is 9.12. The number of hydrogen-bond acceptors (Lipinski definition) is 3. The molecule has 3 rings (SSSR count). The average Bonchev–Trinajstić information content (AvgIpc) is 2.60. The lowest BCUT2D eigenvalue weighted by Gasteiger charge is -2.36. The molecule has 5 heteroatoms. The molecule has 2 heterocycles. The van der Waals surface area contributed by atoms with Crippen molar-refractivity contribution in [2.75, 3.05) is 50.7 Å². The predicted molar refractivity (Wildman–Crippen MR) is 99.7 cm³/mol. The third kappa shape index (κ3) is 4.64. The summed E-state index contributed by atoms with van der Waals surface area (Å²) in [6.45, 7) is 9.03. The normalized spacial score (nSPS) is 22.7. The molecule has 1 unspecified atom stereocenters. The summed E-state index contributed by atoms with van der Waals surface area (Å²) < 4.78 is 0. The fourth-order valence-electron chi connectivity index (χ4n) is 3.73. The highest BCUT2D eigenvalue weighted by atomic mass is 35.5. The number of carbonyl (C=O) groups excluding carboxylic acids is 1. The topological polar surface area (TPSA) is 26.8 Å². The van der Waals surface area contributed by atoms with E-state index in [1.54, 1.807) is 0 Å². The fraction of sp³-hybridized carbons (Fsp3) is 0.632. The van der Waals surface area contributed by atoms with E-state index < -0.39 is 0 Å². The zero-order valence-corrected chi connectivity index (χ0v) is 15.3. The Morgan fingerprint density at radius 3 is 2.71 bits per heavy atom. The fourth-order valence-corrected chi connectivity index (χ4v) is 3.91. The van der Waals surface area contributed by atoms with E-state index in [-0.39, 0.29) is 0 Å². The summed E-state index contributed by atoms with van der Waals surface area (Å²) in [7, 11) is 0. The Hall–Kier alpha value is -1.26. The number of piperazine rings is 1. The minimum atomic E-state index is 0.332. The van der Waals surface area contributed by atoms with Crippen LogP contribution in [0, 0.1) is 5.92 Å². The molecule has 2 fully saturated rings. The van der Waals surface area contributed by atoms with E-state index in [0.717, 1.165) is 57.3 Å². The van der Waals surface area contributed by atoms with Gasteiger partial charge in [0, 0.05) is 62.9 Å². The second-order valence-electron chi connectivity index (χ2n) is 7.15. The van der Waals surface area contributed by atoms with Gasteiger partial charge in [-0.05, 0) is 37.0 Å². The van der Waals surface area contributed by atoms with Crippen LogP contribution < -0.4 is 4.90 Å². The number of piperidine rings is 1. The SMILES string of the molecule is CC1CCCN(C(=O)CCN2CCN(c3cccc(Cl)c3)CC2)C1. The number of anilines is 1. The first kappa shape index (κ1) is 17.6. The van der Waals surface area contributed by atoms with Crippen molar-refractivity contribution >= 4 is 23.2 Å². The van der Waals surface area contributed by atoms with E-state index >= 15 is 0 Å². The molecule has 0 spiro atoms. The maximum atomic E-state index is 12.4. The summed E-state index contributed by atoms with van der Waals surface area (Å²) in [4.78, 5) is 19.2. The Labute approximate surface area is 150 Å². The summed E-state index contributed by atoms with van der Waals surface area (Å²) in [5.74, 6) is 0.989. The van der Waals surface area contributed by atoms with Crippen LogP contribution in [0.1, 0.15) is 26.2 Å². The van der Waals surface area contributed by atoms with E-state index in [1.165, 1.54) is 12.1 Å². The monoisotopic (exact) mass is 349 g/mol. The summed E-state index contributed by atoms with van der Waals surface area (Å²) in [6, 6.07) is 8.05. The Kier molecular flexibility index (Phi) is 6.01. The van der Waals surface area contributed by atoms with Gasteiger partial charge in [0.25, 0.3) is 0 Å². The van der Waals surface area contributed by atoms with Gasteiger partial charge in [0.05, 0.1) is 0 Å². The van der Waals surface area contributed by atoms with Gasteiger partial charge in [0.15, 0.2) is 0 Å². The molecular formula is C19H28ClN3O. The van der Waals surface area contributed by atoms with Gasteiger partial charge >= 0.3 is 0 Å². The highest BCUT2D eigenvalue weighted by Gasteiger charge is 2.22. The molecule has 0 aromatic heterocycles. The van der Waals surface area contributed by atoms with Crippen molar-refractivity contribution in [1.82, 2.24) is 9.80 Å². The van der Waals surface area contributed by atoms with Crippen LogP contribution in [-0.4, -0.2) is 61.5 Å². The highest BCUT2D eigenvalue weighted by Crippen LogP contribution is 2.21. The summed E-state index contributed by atoms with van der Waals surface area (Å²) in [6.07, 6.45) is 3.07. The van der Waals surface area contributed by atoms with Crippen LogP contribution in [0.25, 0.3) is 0 Å². The lowest BCUT2D eigenvalue weighted by atomic mass is 10.00. The van der Waals surface area contributed by atoms with Crippen LogP contribution in [0.5, 0.6) is 0 Å². The van der Waals surface area contributed by atoms with Gasteiger partial charge < -0.3 is 9.80 Å². The second-order valence-corrected chi connectivity index (χ2v) is 7.58. The van der Waals surface area contributed by atoms with E-state index in [1.807, 2.05) is 18.2 Å². The molecule has 0 saturated carbocycles. The molecular weight excluding hydrogens is 322 g/mol. The lowest BCUT2D eigenvalue weighted by Crippen LogP contribution is -2.48. The molecule has 1 atom stereocenters. The van der Waals surface area contributed by atoms with Crippen LogP contribution >= 0.6 is 11.6 Å². The Morgan fingerprint density at radius 1 is 1.21 bits per heavy atom. The molecule has 2 saturated heterocycles. The van der Waals surface area contributed by atoms with Gasteiger partial charge in [0.2, 0.25) is 5.91 Å². The van der Waals surface area contributed by atoms with Gasteiger partial charge in [-0.2, -0.15) is 0 Å². The zero-order chi connectivity index (χ0) is 16.9. The van der Waals surface area contributed by atoms with Crippen molar-refractivity contribution in [1.29, 1.82) is 0 Å². The van der Waals surface area contributed by atoms with Crippen molar-refractivity contribution in [2.45, 2.75) is 26.2 Å². The van der Waals surface area contributed by atoms with Crippen LogP contribution in [0.2, 0.25) is 5.02 Å². The Bertz CT molecular complexity index is 557. The van der Waals surface area contributed by atoms with Crippen molar-refractivity contribution in [3.8, 4) is 0 Å². The van der Waals surface area contributed by atoms with Gasteiger partial charge in [-0.1, -0.05) is 24.6 Å². The molecule has 1 aromatic rings. The first-order chi connectivity index (χ1) is 11.6. The van der Waals surface area contributed by atoms with E-state index in [0.29, 0.717) is 18.2 Å².